The van der Waals surface area contributed by atoms with E-state index in [9.17, 15) is 4.79 Å². The number of aliphatic carboxylic acids is 1. The molecule has 0 radical (unpaired) electrons. The van der Waals surface area contributed by atoms with E-state index in [1.165, 1.54) is 13.1 Å². The van der Waals surface area contributed by atoms with E-state index < -0.39 is 5.97 Å². The monoisotopic (exact) mass is 184 g/mol. The SMILES string of the molecule is C=C(/C=C(/C(=O)O)N(C)N)CCC. The standard InChI is InChI=1S/C9H16N2O2/c1-4-5-7(2)6-8(9(12)13)11(3)10/h6H,2,4-5,10H2,1,3H3,(H,12,13)/b8-6-. The molecule has 0 aromatic heterocycles. The largest absolute Gasteiger partial charge is 0.477 e. The van der Waals surface area contributed by atoms with E-state index in [1.54, 1.807) is 0 Å². The lowest BCUT2D eigenvalue weighted by atomic mass is 10.1. The molecule has 0 aliphatic rings. The summed E-state index contributed by atoms with van der Waals surface area (Å²) in [6.07, 6.45) is 3.22. The van der Waals surface area contributed by atoms with Crippen LogP contribution in [0.5, 0.6) is 0 Å². The molecule has 0 amide bonds. The van der Waals surface area contributed by atoms with E-state index in [0.717, 1.165) is 23.4 Å². The van der Waals surface area contributed by atoms with E-state index in [-0.39, 0.29) is 5.70 Å². The molecule has 3 N–H and O–H groups in total. The molecule has 0 aromatic rings. The minimum atomic E-state index is -1.04. The minimum absolute atomic E-state index is 0.0541. The summed E-state index contributed by atoms with van der Waals surface area (Å²) in [5.74, 6) is 4.29. The number of nitrogens with two attached hydrogens (primary N) is 1. The topological polar surface area (TPSA) is 66.6 Å². The average Bonchev–Trinajstić information content (AvgIpc) is 1.99. The highest BCUT2D eigenvalue weighted by atomic mass is 16.4. The maximum absolute atomic E-state index is 10.6. The zero-order valence-corrected chi connectivity index (χ0v) is 8.08. The number of nitrogens with zero attached hydrogens (tertiary/aromatic N) is 1. The zero-order chi connectivity index (χ0) is 10.4. The molecule has 0 aromatic carbocycles. The normalized spacial score (nSPS) is 11.2. The smallest absolute Gasteiger partial charge is 0.353 e. The van der Waals surface area contributed by atoms with Gasteiger partial charge in [-0.15, -0.1) is 0 Å². The van der Waals surface area contributed by atoms with Crippen LogP contribution in [0, 0.1) is 0 Å². The quantitative estimate of drug-likeness (QED) is 0.291. The second-order valence-corrected chi connectivity index (χ2v) is 2.85. The molecule has 0 rings (SSSR count). The summed E-state index contributed by atoms with van der Waals surface area (Å²) >= 11 is 0. The van der Waals surface area contributed by atoms with Crippen LogP contribution in [-0.2, 0) is 4.79 Å². The van der Waals surface area contributed by atoms with Crippen LogP contribution >= 0.6 is 0 Å². The van der Waals surface area contributed by atoms with E-state index in [0.29, 0.717) is 0 Å². The third-order valence-electron chi connectivity index (χ3n) is 1.51. The van der Waals surface area contributed by atoms with Crippen molar-refractivity contribution in [1.29, 1.82) is 0 Å². The molecule has 4 heteroatoms. The lowest BCUT2D eigenvalue weighted by molar-refractivity contribution is -0.134. The molecule has 13 heavy (non-hydrogen) atoms. The van der Waals surface area contributed by atoms with Gasteiger partial charge in [-0.05, 0) is 12.5 Å². The molecule has 0 saturated heterocycles. The Balaban J connectivity index is 4.54. The molecular weight excluding hydrogens is 168 g/mol. The second kappa shape index (κ2) is 5.37. The third kappa shape index (κ3) is 4.32. The van der Waals surface area contributed by atoms with Gasteiger partial charge in [0.2, 0.25) is 0 Å². The summed E-state index contributed by atoms with van der Waals surface area (Å²) in [7, 11) is 1.49. The van der Waals surface area contributed by atoms with E-state index >= 15 is 0 Å². The van der Waals surface area contributed by atoms with Crippen molar-refractivity contribution in [3.8, 4) is 0 Å². The number of carboxylic acids is 1. The average molecular weight is 184 g/mol. The summed E-state index contributed by atoms with van der Waals surface area (Å²) in [6, 6.07) is 0. The predicted octanol–water partition coefficient (Wildman–Crippen LogP) is 1.12. The molecule has 0 unspecified atom stereocenters. The second-order valence-electron chi connectivity index (χ2n) is 2.85. The molecule has 4 nitrogen and oxygen atoms in total. The van der Waals surface area contributed by atoms with Crippen LogP contribution < -0.4 is 5.84 Å². The van der Waals surface area contributed by atoms with Gasteiger partial charge in [-0.3, -0.25) is 0 Å². The number of likely N-dealkylation sites (N-methyl/N-ethyl adjacent to an activating group) is 1. The number of rotatable bonds is 5. The van der Waals surface area contributed by atoms with Crippen molar-refractivity contribution < 1.29 is 9.90 Å². The van der Waals surface area contributed by atoms with E-state index in [1.807, 2.05) is 6.92 Å². The first-order valence-electron chi connectivity index (χ1n) is 4.10. The zero-order valence-electron chi connectivity index (χ0n) is 8.08. The van der Waals surface area contributed by atoms with Gasteiger partial charge in [-0.2, -0.15) is 0 Å². The molecule has 0 aliphatic heterocycles. The Kier molecular flexibility index (Phi) is 4.84. The third-order valence-corrected chi connectivity index (χ3v) is 1.51. The molecule has 0 atom stereocenters. The highest BCUT2D eigenvalue weighted by molar-refractivity contribution is 5.86. The van der Waals surface area contributed by atoms with Crippen LogP contribution in [0.4, 0.5) is 0 Å². The molecular formula is C9H16N2O2. The minimum Gasteiger partial charge on any atom is -0.477 e. The number of hydrogen-bond donors (Lipinski definition) is 2. The van der Waals surface area contributed by atoms with Gasteiger partial charge in [0.1, 0.15) is 5.70 Å². The highest BCUT2D eigenvalue weighted by Gasteiger charge is 2.09. The van der Waals surface area contributed by atoms with Crippen molar-refractivity contribution in [3.63, 3.8) is 0 Å². The maximum Gasteiger partial charge on any atom is 0.353 e. The number of carboxylic acid groups (broad SMARTS) is 1. The predicted molar refractivity (Wildman–Crippen MR) is 51.7 cm³/mol. The Labute approximate surface area is 78.3 Å². The van der Waals surface area contributed by atoms with Gasteiger partial charge in [0, 0.05) is 7.05 Å². The van der Waals surface area contributed by atoms with Crippen LogP contribution in [0.3, 0.4) is 0 Å². The van der Waals surface area contributed by atoms with Gasteiger partial charge in [0.05, 0.1) is 0 Å². The maximum atomic E-state index is 10.6. The van der Waals surface area contributed by atoms with Crippen LogP contribution in [0.25, 0.3) is 0 Å². The van der Waals surface area contributed by atoms with E-state index in [2.05, 4.69) is 6.58 Å². The fraction of sp³-hybridized carbons (Fsp3) is 0.444. The first kappa shape index (κ1) is 11.7. The number of carbonyl (C=O) groups is 1. The summed E-state index contributed by atoms with van der Waals surface area (Å²) in [4.78, 5) is 10.6. The van der Waals surface area contributed by atoms with E-state index in [4.69, 9.17) is 10.9 Å². The van der Waals surface area contributed by atoms with Crippen molar-refractivity contribution in [2.45, 2.75) is 19.8 Å². The molecule has 0 saturated carbocycles. The Hall–Kier alpha value is -1.29. The van der Waals surface area contributed by atoms with Gasteiger partial charge >= 0.3 is 5.97 Å². The number of hydrogen-bond acceptors (Lipinski definition) is 3. The number of hydrazine groups is 1. The lowest BCUT2D eigenvalue weighted by Crippen LogP contribution is -2.29. The van der Waals surface area contributed by atoms with Crippen molar-refractivity contribution in [3.05, 3.63) is 23.9 Å². The van der Waals surface area contributed by atoms with Crippen molar-refractivity contribution in [2.75, 3.05) is 7.05 Å². The van der Waals surface area contributed by atoms with Gasteiger partial charge < -0.3 is 10.1 Å². The Morgan fingerprint density at radius 3 is 2.54 bits per heavy atom. The van der Waals surface area contributed by atoms with Crippen LogP contribution in [0.1, 0.15) is 19.8 Å². The van der Waals surface area contributed by atoms with Crippen molar-refractivity contribution in [2.24, 2.45) is 5.84 Å². The first-order chi connectivity index (χ1) is 5.99. The number of allylic oxidation sites excluding steroid dienone is 2. The van der Waals surface area contributed by atoms with Crippen molar-refractivity contribution in [1.82, 2.24) is 5.01 Å². The molecule has 0 fully saturated rings. The molecule has 74 valence electrons. The molecule has 0 bridgehead atoms. The first-order valence-corrected chi connectivity index (χ1v) is 4.10. The molecule has 0 aliphatic carbocycles. The lowest BCUT2D eigenvalue weighted by Gasteiger charge is -2.12. The Morgan fingerprint density at radius 1 is 1.69 bits per heavy atom. The Morgan fingerprint density at radius 2 is 2.23 bits per heavy atom. The Bertz CT molecular complexity index is 232. The fourth-order valence-corrected chi connectivity index (χ4v) is 0.901. The van der Waals surface area contributed by atoms with Crippen LogP contribution in [-0.4, -0.2) is 23.1 Å². The van der Waals surface area contributed by atoms with Gasteiger partial charge in [-0.1, -0.05) is 25.5 Å². The van der Waals surface area contributed by atoms with Gasteiger partial charge in [0.15, 0.2) is 0 Å². The molecule has 0 heterocycles. The summed E-state index contributed by atoms with van der Waals surface area (Å²) in [5.41, 5.74) is 0.829. The van der Waals surface area contributed by atoms with Gasteiger partial charge in [0.25, 0.3) is 0 Å². The fourth-order valence-electron chi connectivity index (χ4n) is 0.901. The summed E-state index contributed by atoms with van der Waals surface area (Å²) in [5, 5.41) is 9.80. The highest BCUT2D eigenvalue weighted by Crippen LogP contribution is 2.08. The van der Waals surface area contributed by atoms with Gasteiger partial charge in [-0.25, -0.2) is 10.6 Å². The molecule has 0 spiro atoms. The van der Waals surface area contributed by atoms with Crippen LogP contribution in [0.2, 0.25) is 0 Å². The van der Waals surface area contributed by atoms with Crippen LogP contribution in [0.15, 0.2) is 23.9 Å². The summed E-state index contributed by atoms with van der Waals surface area (Å²) < 4.78 is 0. The summed E-state index contributed by atoms with van der Waals surface area (Å²) in [6.45, 7) is 5.73. The van der Waals surface area contributed by atoms with Crippen molar-refractivity contribution >= 4 is 5.97 Å².